The molecule has 3 aromatic heterocycles. The molecule has 0 spiro atoms. The topological polar surface area (TPSA) is 60.6 Å². The number of pyridine rings is 1. The number of nitrogens with zero attached hydrogens (tertiary/aromatic N) is 5. The lowest BCUT2D eigenvalue weighted by Gasteiger charge is -2.24. The minimum atomic E-state index is 0.305. The van der Waals surface area contributed by atoms with E-state index >= 15 is 0 Å². The molecule has 0 saturated heterocycles. The molecule has 0 radical (unpaired) electrons. The van der Waals surface area contributed by atoms with E-state index in [9.17, 15) is 0 Å². The second kappa shape index (κ2) is 7.64. The molecule has 4 aromatic rings. The van der Waals surface area contributed by atoms with E-state index in [-0.39, 0.29) is 0 Å². The molecule has 146 valence electrons. The van der Waals surface area contributed by atoms with Crippen molar-refractivity contribution in [2.75, 3.05) is 0 Å². The minimum Gasteiger partial charge on any atom is -0.306 e. The second-order valence-electron chi connectivity index (χ2n) is 7.60. The van der Waals surface area contributed by atoms with Gasteiger partial charge in [0.15, 0.2) is 5.82 Å². The fraction of sp³-hybridized carbons (Fsp3) is 0.261. The number of rotatable bonds is 5. The molecule has 0 fully saturated rings. The second-order valence-corrected chi connectivity index (χ2v) is 7.60. The molecule has 1 aliphatic rings. The summed E-state index contributed by atoms with van der Waals surface area (Å²) in [7, 11) is 0. The van der Waals surface area contributed by atoms with Crippen LogP contribution in [0.3, 0.4) is 0 Å². The minimum absolute atomic E-state index is 0.305. The van der Waals surface area contributed by atoms with Gasteiger partial charge in [0.25, 0.3) is 0 Å². The standard InChI is InChI=1S/C23H24N6/c1-17-8-10-19(11-9-17)28-16-18(14-26-28)13-25-21-5-4-6-22-20(21)15-27-29(22)23-7-2-3-12-24-23/h2-3,7-12,14-16,21,25H,4-6,13H2,1H3/t21-/m0/s1. The van der Waals surface area contributed by atoms with E-state index in [1.165, 1.54) is 22.4 Å². The van der Waals surface area contributed by atoms with Crippen molar-refractivity contribution in [2.24, 2.45) is 0 Å². The highest BCUT2D eigenvalue weighted by molar-refractivity contribution is 5.34. The van der Waals surface area contributed by atoms with Crippen molar-refractivity contribution in [3.05, 3.63) is 89.6 Å². The first-order valence-corrected chi connectivity index (χ1v) is 10.1. The Hall–Kier alpha value is -3.25. The summed E-state index contributed by atoms with van der Waals surface area (Å²) in [6, 6.07) is 14.7. The molecule has 1 N–H and O–H groups in total. The normalized spacial score (nSPS) is 16.0. The van der Waals surface area contributed by atoms with Crippen LogP contribution in [0.2, 0.25) is 0 Å². The molecule has 0 saturated carbocycles. The Morgan fingerprint density at radius 2 is 1.97 bits per heavy atom. The maximum atomic E-state index is 4.62. The first kappa shape index (κ1) is 17.8. The molecule has 0 aliphatic heterocycles. The van der Waals surface area contributed by atoms with Crippen LogP contribution in [-0.4, -0.2) is 24.5 Å². The van der Waals surface area contributed by atoms with Gasteiger partial charge in [-0.15, -0.1) is 0 Å². The zero-order valence-corrected chi connectivity index (χ0v) is 16.5. The van der Waals surface area contributed by atoms with Gasteiger partial charge in [0.1, 0.15) is 0 Å². The Labute approximate surface area is 170 Å². The lowest BCUT2D eigenvalue weighted by atomic mass is 9.93. The lowest BCUT2D eigenvalue weighted by Crippen LogP contribution is -2.25. The van der Waals surface area contributed by atoms with Crippen LogP contribution >= 0.6 is 0 Å². The SMILES string of the molecule is Cc1ccc(-n2cc(CN[C@H]3CCCc4c3cnn4-c3ccccn3)cn2)cc1. The summed E-state index contributed by atoms with van der Waals surface area (Å²) < 4.78 is 3.92. The van der Waals surface area contributed by atoms with Gasteiger partial charge >= 0.3 is 0 Å². The van der Waals surface area contributed by atoms with E-state index in [2.05, 4.69) is 57.9 Å². The van der Waals surface area contributed by atoms with Gasteiger partial charge in [-0.1, -0.05) is 23.8 Å². The number of nitrogens with one attached hydrogen (secondary N) is 1. The lowest BCUT2D eigenvalue weighted by molar-refractivity contribution is 0.454. The molecular weight excluding hydrogens is 360 g/mol. The zero-order valence-electron chi connectivity index (χ0n) is 16.5. The zero-order chi connectivity index (χ0) is 19.6. The van der Waals surface area contributed by atoms with Crippen LogP contribution in [0.4, 0.5) is 0 Å². The van der Waals surface area contributed by atoms with Crippen LogP contribution in [-0.2, 0) is 13.0 Å². The van der Waals surface area contributed by atoms with E-state index in [1.54, 1.807) is 0 Å². The Morgan fingerprint density at radius 3 is 2.79 bits per heavy atom. The largest absolute Gasteiger partial charge is 0.306 e. The maximum absolute atomic E-state index is 4.62. The third-order valence-electron chi connectivity index (χ3n) is 5.54. The molecule has 3 heterocycles. The highest BCUT2D eigenvalue weighted by Crippen LogP contribution is 2.31. The first-order chi connectivity index (χ1) is 14.3. The average molecular weight is 384 g/mol. The highest BCUT2D eigenvalue weighted by Gasteiger charge is 2.24. The Morgan fingerprint density at radius 1 is 1.07 bits per heavy atom. The molecule has 1 aliphatic carbocycles. The van der Waals surface area contributed by atoms with Gasteiger partial charge in [0, 0.05) is 36.1 Å². The summed E-state index contributed by atoms with van der Waals surface area (Å²) in [6.45, 7) is 2.88. The molecule has 29 heavy (non-hydrogen) atoms. The summed E-state index contributed by atoms with van der Waals surface area (Å²) in [5.74, 6) is 0.883. The summed E-state index contributed by atoms with van der Waals surface area (Å²) in [6.07, 6.45) is 11.1. The van der Waals surface area contributed by atoms with Crippen LogP contribution in [0, 0.1) is 6.92 Å². The van der Waals surface area contributed by atoms with Gasteiger partial charge < -0.3 is 5.32 Å². The monoisotopic (exact) mass is 384 g/mol. The fourth-order valence-corrected chi connectivity index (χ4v) is 3.98. The van der Waals surface area contributed by atoms with Crippen molar-refractivity contribution in [1.29, 1.82) is 0 Å². The van der Waals surface area contributed by atoms with Crippen LogP contribution in [0.5, 0.6) is 0 Å². The van der Waals surface area contributed by atoms with Gasteiger partial charge in [0.05, 0.1) is 23.8 Å². The van der Waals surface area contributed by atoms with Crippen molar-refractivity contribution in [3.63, 3.8) is 0 Å². The Kier molecular flexibility index (Phi) is 4.69. The van der Waals surface area contributed by atoms with E-state index in [0.29, 0.717) is 6.04 Å². The average Bonchev–Trinajstić information content (AvgIpc) is 3.41. The van der Waals surface area contributed by atoms with Gasteiger partial charge in [-0.25, -0.2) is 14.3 Å². The molecule has 0 unspecified atom stereocenters. The number of fused-ring (bicyclic) bond motifs is 1. The van der Waals surface area contributed by atoms with Gasteiger partial charge in [-0.3, -0.25) is 0 Å². The Balaban J connectivity index is 1.31. The van der Waals surface area contributed by atoms with Crippen LogP contribution in [0.25, 0.3) is 11.5 Å². The molecule has 6 heteroatoms. The molecular formula is C23H24N6. The number of aromatic nitrogens is 5. The summed E-state index contributed by atoms with van der Waals surface area (Å²) in [4.78, 5) is 4.45. The van der Waals surface area contributed by atoms with Gasteiger partial charge in [-0.05, 0) is 50.5 Å². The quantitative estimate of drug-likeness (QED) is 0.566. The van der Waals surface area contributed by atoms with Crippen molar-refractivity contribution in [3.8, 4) is 11.5 Å². The predicted octanol–water partition coefficient (Wildman–Crippen LogP) is 3.93. The third-order valence-corrected chi connectivity index (χ3v) is 5.54. The maximum Gasteiger partial charge on any atom is 0.153 e. The van der Waals surface area contributed by atoms with E-state index in [1.807, 2.05) is 46.2 Å². The van der Waals surface area contributed by atoms with E-state index in [0.717, 1.165) is 37.3 Å². The highest BCUT2D eigenvalue weighted by atomic mass is 15.3. The van der Waals surface area contributed by atoms with Crippen LogP contribution in [0.15, 0.2) is 67.3 Å². The van der Waals surface area contributed by atoms with Crippen LogP contribution in [0.1, 0.15) is 41.3 Å². The number of benzene rings is 1. The Bertz CT molecular complexity index is 1090. The number of hydrogen-bond donors (Lipinski definition) is 1. The smallest absolute Gasteiger partial charge is 0.153 e. The van der Waals surface area contributed by atoms with Gasteiger partial charge in [-0.2, -0.15) is 10.2 Å². The van der Waals surface area contributed by atoms with E-state index < -0.39 is 0 Å². The van der Waals surface area contributed by atoms with Gasteiger partial charge in [0.2, 0.25) is 0 Å². The first-order valence-electron chi connectivity index (χ1n) is 10.1. The third kappa shape index (κ3) is 3.59. The summed E-state index contributed by atoms with van der Waals surface area (Å²) in [5.41, 5.74) is 6.06. The van der Waals surface area contributed by atoms with Crippen molar-refractivity contribution < 1.29 is 0 Å². The van der Waals surface area contributed by atoms with Crippen molar-refractivity contribution in [1.82, 2.24) is 29.9 Å². The van der Waals surface area contributed by atoms with E-state index in [4.69, 9.17) is 0 Å². The van der Waals surface area contributed by atoms with Crippen molar-refractivity contribution in [2.45, 2.75) is 38.8 Å². The molecule has 1 atom stereocenters. The van der Waals surface area contributed by atoms with Crippen LogP contribution < -0.4 is 5.32 Å². The van der Waals surface area contributed by atoms with Crippen molar-refractivity contribution >= 4 is 0 Å². The molecule has 1 aromatic carbocycles. The molecule has 5 rings (SSSR count). The fourth-order valence-electron chi connectivity index (χ4n) is 3.98. The summed E-state index contributed by atoms with van der Waals surface area (Å²) >= 11 is 0. The number of aryl methyl sites for hydroxylation is 1. The molecule has 6 nitrogen and oxygen atoms in total. The predicted molar refractivity (Wildman–Crippen MR) is 112 cm³/mol. The number of hydrogen-bond acceptors (Lipinski definition) is 4. The molecule has 0 amide bonds. The molecule has 0 bridgehead atoms. The summed E-state index contributed by atoms with van der Waals surface area (Å²) in [5, 5.41) is 12.8.